The molecule has 2 rings (SSSR count). The maximum Gasteiger partial charge on any atom is 0.224 e. The zero-order valence-corrected chi connectivity index (χ0v) is 10.8. The maximum absolute atomic E-state index is 11.7. The summed E-state index contributed by atoms with van der Waals surface area (Å²) in [6.45, 7) is 0.556. The van der Waals surface area contributed by atoms with Crippen LogP contribution >= 0.6 is 0 Å². The van der Waals surface area contributed by atoms with Gasteiger partial charge in [0.2, 0.25) is 5.91 Å². The Morgan fingerprint density at radius 3 is 2.74 bits per heavy atom. The predicted molar refractivity (Wildman–Crippen MR) is 72.3 cm³/mol. The normalized spacial score (nSPS) is 10.4. The molecule has 0 saturated heterocycles. The summed E-state index contributed by atoms with van der Waals surface area (Å²) in [5, 5.41) is 10.6. The Morgan fingerprint density at radius 1 is 1.37 bits per heavy atom. The van der Waals surface area contributed by atoms with Gasteiger partial charge in [-0.25, -0.2) is 0 Å². The molecule has 0 aliphatic carbocycles. The lowest BCUT2D eigenvalue weighted by Gasteiger charge is -2.05. The largest absolute Gasteiger partial charge is 0.399 e. The minimum atomic E-state index is -0.00746. The summed E-state index contributed by atoms with van der Waals surface area (Å²) in [6, 6.07) is 7.31. The number of aryl methyl sites for hydroxylation is 1. The number of carbonyl (C=O) groups excluding carboxylic acids is 1. The molecule has 1 heterocycles. The number of hydrogen-bond donors (Lipinski definition) is 2. The highest BCUT2D eigenvalue weighted by atomic mass is 16.1. The van der Waals surface area contributed by atoms with Crippen LogP contribution in [0.3, 0.4) is 0 Å². The number of nitrogens with zero attached hydrogens (tertiary/aromatic N) is 3. The van der Waals surface area contributed by atoms with E-state index < -0.39 is 0 Å². The summed E-state index contributed by atoms with van der Waals surface area (Å²) in [5.74, 6) is 0.847. The molecule has 2 aromatic rings. The van der Waals surface area contributed by atoms with Gasteiger partial charge in [-0.05, 0) is 17.7 Å². The number of nitrogen functional groups attached to an aromatic ring is 1. The Labute approximate surface area is 111 Å². The van der Waals surface area contributed by atoms with Gasteiger partial charge in [-0.3, -0.25) is 4.79 Å². The summed E-state index contributed by atoms with van der Waals surface area (Å²) in [5.41, 5.74) is 7.24. The highest BCUT2D eigenvalue weighted by molar-refractivity contribution is 5.78. The number of nitrogens with two attached hydrogens (primary N) is 1. The molecular weight excluding hydrogens is 242 g/mol. The fraction of sp³-hybridized carbons (Fsp3) is 0.308. The zero-order valence-electron chi connectivity index (χ0n) is 10.8. The van der Waals surface area contributed by atoms with Gasteiger partial charge in [0.25, 0.3) is 0 Å². The number of hydrogen-bond acceptors (Lipinski definition) is 4. The van der Waals surface area contributed by atoms with Crippen LogP contribution in [-0.2, 0) is 24.7 Å². The first kappa shape index (κ1) is 13.1. The van der Waals surface area contributed by atoms with Crippen LogP contribution < -0.4 is 11.1 Å². The second-order valence-corrected chi connectivity index (χ2v) is 4.38. The minimum absolute atomic E-state index is 0.00746. The van der Waals surface area contributed by atoms with Crippen LogP contribution in [-0.4, -0.2) is 27.2 Å². The number of benzene rings is 1. The van der Waals surface area contributed by atoms with Gasteiger partial charge in [0.1, 0.15) is 12.2 Å². The highest BCUT2D eigenvalue weighted by Crippen LogP contribution is 2.05. The number of anilines is 1. The molecule has 0 saturated carbocycles. The van der Waals surface area contributed by atoms with Crippen molar-refractivity contribution in [3.8, 4) is 0 Å². The van der Waals surface area contributed by atoms with E-state index >= 15 is 0 Å². The molecule has 100 valence electrons. The SMILES string of the molecule is Cn1cnnc1CCNC(=O)Cc1ccc(N)cc1. The molecule has 0 aliphatic heterocycles. The van der Waals surface area contributed by atoms with Crippen molar-refractivity contribution in [3.63, 3.8) is 0 Å². The van der Waals surface area contributed by atoms with E-state index in [1.807, 2.05) is 23.7 Å². The molecule has 19 heavy (non-hydrogen) atoms. The third kappa shape index (κ3) is 3.80. The van der Waals surface area contributed by atoms with Gasteiger partial charge in [-0.2, -0.15) is 0 Å². The summed E-state index contributed by atoms with van der Waals surface area (Å²) in [6.07, 6.45) is 2.68. The molecule has 6 nitrogen and oxygen atoms in total. The molecular formula is C13H17N5O. The Morgan fingerprint density at radius 2 is 2.11 bits per heavy atom. The van der Waals surface area contributed by atoms with E-state index in [1.54, 1.807) is 18.5 Å². The van der Waals surface area contributed by atoms with Crippen molar-refractivity contribution >= 4 is 11.6 Å². The highest BCUT2D eigenvalue weighted by Gasteiger charge is 2.04. The molecule has 1 amide bonds. The second-order valence-electron chi connectivity index (χ2n) is 4.38. The van der Waals surface area contributed by atoms with Gasteiger partial charge < -0.3 is 15.6 Å². The lowest BCUT2D eigenvalue weighted by molar-refractivity contribution is -0.120. The summed E-state index contributed by atoms with van der Waals surface area (Å²) < 4.78 is 1.84. The van der Waals surface area contributed by atoms with Crippen LogP contribution in [0.2, 0.25) is 0 Å². The Balaban J connectivity index is 1.76. The first-order chi connectivity index (χ1) is 9.15. The average molecular weight is 259 g/mol. The number of amides is 1. The van der Waals surface area contributed by atoms with E-state index in [4.69, 9.17) is 5.73 Å². The number of rotatable bonds is 5. The standard InChI is InChI=1S/C13H17N5O/c1-18-9-16-17-12(18)6-7-15-13(19)8-10-2-4-11(14)5-3-10/h2-5,9H,6-8,14H2,1H3,(H,15,19). The van der Waals surface area contributed by atoms with Crippen molar-refractivity contribution < 1.29 is 4.79 Å². The fourth-order valence-electron chi connectivity index (χ4n) is 1.73. The second kappa shape index (κ2) is 5.99. The van der Waals surface area contributed by atoms with Gasteiger partial charge in [0, 0.05) is 25.7 Å². The minimum Gasteiger partial charge on any atom is -0.399 e. The van der Waals surface area contributed by atoms with Crippen LogP contribution in [0.5, 0.6) is 0 Å². The summed E-state index contributed by atoms with van der Waals surface area (Å²) in [4.78, 5) is 11.7. The third-order valence-corrected chi connectivity index (χ3v) is 2.82. The predicted octanol–water partition coefficient (Wildman–Crippen LogP) is 0.299. The zero-order chi connectivity index (χ0) is 13.7. The Hall–Kier alpha value is -2.37. The van der Waals surface area contributed by atoms with Crippen LogP contribution in [0, 0.1) is 0 Å². The van der Waals surface area contributed by atoms with Gasteiger partial charge in [-0.1, -0.05) is 12.1 Å². The third-order valence-electron chi connectivity index (χ3n) is 2.82. The Kier molecular flexibility index (Phi) is 4.12. The van der Waals surface area contributed by atoms with Crippen molar-refractivity contribution in [3.05, 3.63) is 42.0 Å². The van der Waals surface area contributed by atoms with Gasteiger partial charge in [-0.15, -0.1) is 10.2 Å². The van der Waals surface area contributed by atoms with E-state index in [0.717, 1.165) is 11.4 Å². The van der Waals surface area contributed by atoms with E-state index in [2.05, 4.69) is 15.5 Å². The van der Waals surface area contributed by atoms with Crippen molar-refractivity contribution in [2.24, 2.45) is 7.05 Å². The van der Waals surface area contributed by atoms with E-state index in [0.29, 0.717) is 25.1 Å². The molecule has 6 heteroatoms. The molecule has 0 atom stereocenters. The van der Waals surface area contributed by atoms with Crippen molar-refractivity contribution in [2.75, 3.05) is 12.3 Å². The lowest BCUT2D eigenvalue weighted by Crippen LogP contribution is -2.27. The molecule has 0 radical (unpaired) electrons. The first-order valence-corrected chi connectivity index (χ1v) is 6.09. The molecule has 0 spiro atoms. The Bertz CT molecular complexity index is 546. The topological polar surface area (TPSA) is 85.8 Å². The first-order valence-electron chi connectivity index (χ1n) is 6.09. The van der Waals surface area contributed by atoms with Crippen molar-refractivity contribution in [1.82, 2.24) is 20.1 Å². The van der Waals surface area contributed by atoms with Crippen LogP contribution in [0.15, 0.2) is 30.6 Å². The maximum atomic E-state index is 11.7. The quantitative estimate of drug-likeness (QED) is 0.756. The number of carbonyl (C=O) groups is 1. The molecule has 0 fully saturated rings. The summed E-state index contributed by atoms with van der Waals surface area (Å²) >= 11 is 0. The van der Waals surface area contributed by atoms with Crippen LogP contribution in [0.4, 0.5) is 5.69 Å². The fourth-order valence-corrected chi connectivity index (χ4v) is 1.73. The molecule has 0 unspecified atom stereocenters. The molecule has 1 aromatic heterocycles. The van der Waals surface area contributed by atoms with Gasteiger partial charge >= 0.3 is 0 Å². The van der Waals surface area contributed by atoms with E-state index in [-0.39, 0.29) is 5.91 Å². The average Bonchev–Trinajstić information content (AvgIpc) is 2.78. The molecule has 3 N–H and O–H groups in total. The number of aromatic nitrogens is 3. The van der Waals surface area contributed by atoms with E-state index in [1.165, 1.54) is 0 Å². The van der Waals surface area contributed by atoms with Gasteiger partial charge in [0.05, 0.1) is 6.42 Å². The molecule has 0 aliphatic rings. The molecule has 1 aromatic carbocycles. The van der Waals surface area contributed by atoms with Crippen molar-refractivity contribution in [1.29, 1.82) is 0 Å². The van der Waals surface area contributed by atoms with Crippen LogP contribution in [0.1, 0.15) is 11.4 Å². The van der Waals surface area contributed by atoms with Gasteiger partial charge in [0.15, 0.2) is 0 Å². The molecule has 0 bridgehead atoms. The lowest BCUT2D eigenvalue weighted by atomic mass is 10.1. The van der Waals surface area contributed by atoms with Crippen molar-refractivity contribution in [2.45, 2.75) is 12.8 Å². The van der Waals surface area contributed by atoms with E-state index in [9.17, 15) is 4.79 Å². The number of nitrogens with one attached hydrogen (secondary N) is 1. The monoisotopic (exact) mass is 259 g/mol. The smallest absolute Gasteiger partial charge is 0.224 e. The van der Waals surface area contributed by atoms with Crippen LogP contribution in [0.25, 0.3) is 0 Å². The summed E-state index contributed by atoms with van der Waals surface area (Å²) in [7, 11) is 1.88.